The Morgan fingerprint density at radius 1 is 1.50 bits per heavy atom. The van der Waals surface area contributed by atoms with E-state index in [1.165, 1.54) is 4.88 Å². The van der Waals surface area contributed by atoms with E-state index in [-0.39, 0.29) is 12.1 Å². The second kappa shape index (κ2) is 6.43. The number of nitrogens with one attached hydrogen (secondary N) is 1. The highest BCUT2D eigenvalue weighted by Crippen LogP contribution is 2.22. The fourth-order valence-electron chi connectivity index (χ4n) is 1.43. The molecule has 5 heteroatoms. The number of aryl methyl sites for hydroxylation is 1. The van der Waals surface area contributed by atoms with Gasteiger partial charge in [0.1, 0.15) is 5.60 Å². The predicted octanol–water partition coefficient (Wildman–Crippen LogP) is 4.25. The van der Waals surface area contributed by atoms with Crippen LogP contribution in [0.15, 0.2) is 12.1 Å². The molecule has 0 aromatic carbocycles. The Kier molecular flexibility index (Phi) is 5.47. The van der Waals surface area contributed by atoms with Crippen LogP contribution in [0.5, 0.6) is 0 Å². The van der Waals surface area contributed by atoms with E-state index >= 15 is 0 Å². The number of rotatable bonds is 4. The highest BCUT2D eigenvalue weighted by atomic mass is 35.5. The van der Waals surface area contributed by atoms with E-state index in [4.69, 9.17) is 16.3 Å². The lowest BCUT2D eigenvalue weighted by atomic mass is 10.1. The molecule has 1 aromatic heterocycles. The van der Waals surface area contributed by atoms with Crippen LogP contribution in [0.4, 0.5) is 4.79 Å². The number of alkyl carbamates (subject to hydrolysis) is 1. The Hall–Kier alpha value is -0.740. The monoisotopic (exact) mass is 289 g/mol. The molecule has 0 aliphatic heterocycles. The first-order valence-electron chi connectivity index (χ1n) is 6.00. The normalized spacial score (nSPS) is 13.2. The van der Waals surface area contributed by atoms with Gasteiger partial charge < -0.3 is 10.1 Å². The molecule has 1 N–H and O–H groups in total. The summed E-state index contributed by atoms with van der Waals surface area (Å²) in [6.45, 7) is 7.53. The van der Waals surface area contributed by atoms with Gasteiger partial charge in [-0.05, 0) is 52.7 Å². The van der Waals surface area contributed by atoms with Gasteiger partial charge in [0, 0.05) is 10.9 Å². The lowest BCUT2D eigenvalue weighted by molar-refractivity contribution is 0.0506. The molecule has 1 aromatic rings. The van der Waals surface area contributed by atoms with E-state index in [9.17, 15) is 4.79 Å². The third kappa shape index (κ3) is 6.26. The SMILES string of the molecule is CC(CCc1ccc(Cl)s1)NC(=O)OC(C)(C)C. The van der Waals surface area contributed by atoms with Gasteiger partial charge in [0.25, 0.3) is 0 Å². The Morgan fingerprint density at radius 2 is 2.17 bits per heavy atom. The fraction of sp³-hybridized carbons (Fsp3) is 0.615. The Labute approximate surface area is 117 Å². The van der Waals surface area contributed by atoms with Crippen molar-refractivity contribution in [2.24, 2.45) is 0 Å². The van der Waals surface area contributed by atoms with Crippen LogP contribution >= 0.6 is 22.9 Å². The summed E-state index contributed by atoms with van der Waals surface area (Å²) >= 11 is 7.44. The topological polar surface area (TPSA) is 38.3 Å². The molecule has 0 saturated carbocycles. The zero-order valence-corrected chi connectivity index (χ0v) is 12.8. The minimum Gasteiger partial charge on any atom is -0.444 e. The molecule has 0 fully saturated rings. The summed E-state index contributed by atoms with van der Waals surface area (Å²) in [5.74, 6) is 0. The number of ether oxygens (including phenoxy) is 1. The Bertz CT molecular complexity index is 398. The van der Waals surface area contributed by atoms with Gasteiger partial charge >= 0.3 is 6.09 Å². The Morgan fingerprint density at radius 3 is 2.67 bits per heavy atom. The van der Waals surface area contributed by atoms with Crippen molar-refractivity contribution in [3.05, 3.63) is 21.3 Å². The standard InChI is InChI=1S/C13H20ClNO2S/c1-9(15-12(16)17-13(2,3)4)5-6-10-7-8-11(14)18-10/h7-9H,5-6H2,1-4H3,(H,15,16). The lowest BCUT2D eigenvalue weighted by Gasteiger charge is -2.21. The van der Waals surface area contributed by atoms with Crippen LogP contribution in [0.3, 0.4) is 0 Å². The molecule has 102 valence electrons. The number of halogens is 1. The summed E-state index contributed by atoms with van der Waals surface area (Å²) in [6, 6.07) is 4.00. The number of carbonyl (C=O) groups is 1. The molecule has 0 aliphatic carbocycles. The molecule has 0 saturated heterocycles. The summed E-state index contributed by atoms with van der Waals surface area (Å²) in [5.41, 5.74) is -0.453. The second-order valence-corrected chi connectivity index (χ2v) is 7.09. The second-order valence-electron chi connectivity index (χ2n) is 5.29. The summed E-state index contributed by atoms with van der Waals surface area (Å²) in [5, 5.41) is 2.82. The van der Waals surface area contributed by atoms with Gasteiger partial charge in [-0.15, -0.1) is 11.3 Å². The fourth-order valence-corrected chi connectivity index (χ4v) is 2.53. The molecule has 1 rings (SSSR count). The van der Waals surface area contributed by atoms with Gasteiger partial charge in [-0.3, -0.25) is 0 Å². The number of carbonyl (C=O) groups excluding carboxylic acids is 1. The van der Waals surface area contributed by atoms with E-state index in [0.29, 0.717) is 0 Å². The molecular weight excluding hydrogens is 270 g/mol. The average Bonchev–Trinajstić information content (AvgIpc) is 2.58. The number of hydrogen-bond donors (Lipinski definition) is 1. The van der Waals surface area contributed by atoms with Crippen LogP contribution in [-0.4, -0.2) is 17.7 Å². The first-order chi connectivity index (χ1) is 8.26. The van der Waals surface area contributed by atoms with Gasteiger partial charge in [0.2, 0.25) is 0 Å². The van der Waals surface area contributed by atoms with Crippen molar-refractivity contribution in [1.82, 2.24) is 5.32 Å². The molecular formula is C13H20ClNO2S. The van der Waals surface area contributed by atoms with Gasteiger partial charge in [-0.2, -0.15) is 0 Å². The third-order valence-electron chi connectivity index (χ3n) is 2.22. The molecule has 1 atom stereocenters. The summed E-state index contributed by atoms with van der Waals surface area (Å²) in [6.07, 6.45) is 1.42. The van der Waals surface area contributed by atoms with Gasteiger partial charge in [-0.1, -0.05) is 11.6 Å². The number of amides is 1. The summed E-state index contributed by atoms with van der Waals surface area (Å²) < 4.78 is 6.00. The smallest absolute Gasteiger partial charge is 0.407 e. The van der Waals surface area contributed by atoms with Crippen LogP contribution in [0, 0.1) is 0 Å². The minimum absolute atomic E-state index is 0.0840. The Balaban J connectivity index is 2.29. The average molecular weight is 290 g/mol. The van der Waals surface area contributed by atoms with Crippen molar-refractivity contribution < 1.29 is 9.53 Å². The number of thiophene rings is 1. The molecule has 1 amide bonds. The molecule has 3 nitrogen and oxygen atoms in total. The highest BCUT2D eigenvalue weighted by Gasteiger charge is 2.17. The van der Waals surface area contributed by atoms with Crippen molar-refractivity contribution in [2.75, 3.05) is 0 Å². The van der Waals surface area contributed by atoms with Crippen molar-refractivity contribution in [3.63, 3.8) is 0 Å². The number of hydrogen-bond acceptors (Lipinski definition) is 3. The highest BCUT2D eigenvalue weighted by molar-refractivity contribution is 7.16. The van der Waals surface area contributed by atoms with Crippen molar-refractivity contribution in [2.45, 2.75) is 52.2 Å². The molecule has 0 bridgehead atoms. The maximum absolute atomic E-state index is 11.5. The van der Waals surface area contributed by atoms with Crippen LogP contribution in [0.2, 0.25) is 4.34 Å². The van der Waals surface area contributed by atoms with Gasteiger partial charge in [0.15, 0.2) is 0 Å². The van der Waals surface area contributed by atoms with Crippen LogP contribution < -0.4 is 5.32 Å². The largest absolute Gasteiger partial charge is 0.444 e. The maximum atomic E-state index is 11.5. The zero-order chi connectivity index (χ0) is 13.8. The molecule has 0 radical (unpaired) electrons. The van der Waals surface area contributed by atoms with E-state index in [0.717, 1.165) is 17.2 Å². The van der Waals surface area contributed by atoms with E-state index < -0.39 is 5.60 Å². The molecule has 0 spiro atoms. The van der Waals surface area contributed by atoms with Crippen molar-refractivity contribution in [1.29, 1.82) is 0 Å². The minimum atomic E-state index is -0.453. The first-order valence-corrected chi connectivity index (χ1v) is 7.19. The van der Waals surface area contributed by atoms with Crippen molar-refractivity contribution >= 4 is 29.0 Å². The van der Waals surface area contributed by atoms with Crippen molar-refractivity contribution in [3.8, 4) is 0 Å². The zero-order valence-electron chi connectivity index (χ0n) is 11.2. The van der Waals surface area contributed by atoms with Crippen LogP contribution in [0.25, 0.3) is 0 Å². The van der Waals surface area contributed by atoms with Gasteiger partial charge in [0.05, 0.1) is 4.34 Å². The summed E-state index contributed by atoms with van der Waals surface area (Å²) in [4.78, 5) is 12.8. The molecule has 1 unspecified atom stereocenters. The third-order valence-corrected chi connectivity index (χ3v) is 3.51. The van der Waals surface area contributed by atoms with E-state index in [2.05, 4.69) is 5.32 Å². The molecule has 1 heterocycles. The first kappa shape index (κ1) is 15.3. The van der Waals surface area contributed by atoms with Crippen LogP contribution in [-0.2, 0) is 11.2 Å². The quantitative estimate of drug-likeness (QED) is 0.900. The molecule has 18 heavy (non-hydrogen) atoms. The van der Waals surface area contributed by atoms with Crippen LogP contribution in [0.1, 0.15) is 39.0 Å². The lowest BCUT2D eigenvalue weighted by Crippen LogP contribution is -2.37. The van der Waals surface area contributed by atoms with E-state index in [1.807, 2.05) is 39.8 Å². The molecule has 0 aliphatic rings. The predicted molar refractivity (Wildman–Crippen MR) is 76.5 cm³/mol. The maximum Gasteiger partial charge on any atom is 0.407 e. The van der Waals surface area contributed by atoms with Gasteiger partial charge in [-0.25, -0.2) is 4.79 Å². The summed E-state index contributed by atoms with van der Waals surface area (Å²) in [7, 11) is 0. The van der Waals surface area contributed by atoms with E-state index in [1.54, 1.807) is 11.3 Å².